The van der Waals surface area contributed by atoms with Crippen molar-refractivity contribution in [3.8, 4) is 11.1 Å². The van der Waals surface area contributed by atoms with Crippen LogP contribution in [0.3, 0.4) is 0 Å². The Morgan fingerprint density at radius 2 is 1.52 bits per heavy atom. The van der Waals surface area contributed by atoms with E-state index < -0.39 is 20.7 Å². The molecule has 0 aliphatic heterocycles. The van der Waals surface area contributed by atoms with Crippen LogP contribution in [-0.2, 0) is 10.0 Å². The highest BCUT2D eigenvalue weighted by Gasteiger charge is 2.14. The molecule has 0 saturated heterocycles. The van der Waals surface area contributed by atoms with Gasteiger partial charge in [-0.05, 0) is 34.9 Å². The van der Waals surface area contributed by atoms with Crippen molar-refractivity contribution in [2.75, 3.05) is 0 Å². The monoisotopic (exact) mass is 381 g/mol. The number of rotatable bonds is 5. The summed E-state index contributed by atoms with van der Waals surface area (Å²) in [5.74, 6) is -1.19. The largest absolute Gasteiger partial charge is 0.289 e. The van der Waals surface area contributed by atoms with Crippen molar-refractivity contribution in [3.63, 3.8) is 0 Å². The zero-order valence-corrected chi connectivity index (χ0v) is 15.0. The topological polar surface area (TPSA) is 77.2 Å². The highest BCUT2D eigenvalue weighted by Crippen LogP contribution is 2.20. The number of halogens is 1. The van der Waals surface area contributed by atoms with E-state index in [1.54, 1.807) is 12.1 Å². The van der Waals surface area contributed by atoms with Crippen LogP contribution in [0.25, 0.3) is 17.2 Å². The number of hydrogen-bond acceptors (Lipinski definition) is 3. The molecule has 0 heterocycles. The third-order valence-electron chi connectivity index (χ3n) is 3.97. The van der Waals surface area contributed by atoms with E-state index in [1.807, 2.05) is 42.5 Å². The Labute approximate surface area is 156 Å². The van der Waals surface area contributed by atoms with E-state index in [0.29, 0.717) is 11.1 Å². The van der Waals surface area contributed by atoms with Crippen molar-refractivity contribution in [2.24, 2.45) is 5.14 Å². The fourth-order valence-corrected chi connectivity index (χ4v) is 3.21. The maximum Gasteiger partial charge on any atom is 0.240 e. The molecule has 136 valence electrons. The Balaban J connectivity index is 1.79. The van der Waals surface area contributed by atoms with E-state index in [-0.39, 0.29) is 5.78 Å². The van der Waals surface area contributed by atoms with Gasteiger partial charge in [-0.3, -0.25) is 4.79 Å². The van der Waals surface area contributed by atoms with Gasteiger partial charge in [0.2, 0.25) is 10.0 Å². The predicted molar refractivity (Wildman–Crippen MR) is 103 cm³/mol. The number of carbonyl (C=O) groups excluding carboxylic acids is 1. The third kappa shape index (κ3) is 4.55. The lowest BCUT2D eigenvalue weighted by Crippen LogP contribution is -2.14. The van der Waals surface area contributed by atoms with Gasteiger partial charge in [0, 0.05) is 5.56 Å². The number of hydrogen-bond donors (Lipinski definition) is 1. The van der Waals surface area contributed by atoms with Crippen molar-refractivity contribution < 1.29 is 17.6 Å². The molecule has 0 spiro atoms. The molecule has 0 aromatic heterocycles. The van der Waals surface area contributed by atoms with Gasteiger partial charge in [0.05, 0.1) is 0 Å². The van der Waals surface area contributed by atoms with Gasteiger partial charge < -0.3 is 0 Å². The first-order valence-electron chi connectivity index (χ1n) is 8.05. The number of primary sulfonamides is 1. The van der Waals surface area contributed by atoms with Crippen molar-refractivity contribution in [2.45, 2.75) is 4.90 Å². The van der Waals surface area contributed by atoms with Crippen LogP contribution in [0.15, 0.2) is 83.8 Å². The standard InChI is InChI=1S/C21H16FNO3S/c22-19-12-6-15(14-21(19)27(23,25)26)7-13-20(24)18-10-8-17(9-11-18)16-4-2-1-3-5-16/h1-14H,(H2,23,25,26)/b13-7+. The first kappa shape index (κ1) is 18.7. The second-order valence-corrected chi connectivity index (χ2v) is 7.41. The van der Waals surface area contributed by atoms with Gasteiger partial charge in [0.1, 0.15) is 10.7 Å². The summed E-state index contributed by atoms with van der Waals surface area (Å²) in [5, 5.41) is 4.98. The van der Waals surface area contributed by atoms with E-state index in [1.165, 1.54) is 18.2 Å². The molecule has 0 atom stereocenters. The van der Waals surface area contributed by atoms with E-state index in [0.717, 1.165) is 23.3 Å². The molecule has 0 fully saturated rings. The van der Waals surface area contributed by atoms with Gasteiger partial charge in [-0.25, -0.2) is 17.9 Å². The minimum atomic E-state index is -4.17. The quantitative estimate of drug-likeness (QED) is 0.535. The smallest absolute Gasteiger partial charge is 0.240 e. The van der Waals surface area contributed by atoms with Crippen molar-refractivity contribution >= 4 is 21.9 Å². The Morgan fingerprint density at radius 3 is 2.15 bits per heavy atom. The van der Waals surface area contributed by atoms with E-state index >= 15 is 0 Å². The maximum absolute atomic E-state index is 13.6. The average molecular weight is 381 g/mol. The number of carbonyl (C=O) groups is 1. The molecule has 4 nitrogen and oxygen atoms in total. The summed E-state index contributed by atoms with van der Waals surface area (Å²) >= 11 is 0. The van der Waals surface area contributed by atoms with E-state index in [2.05, 4.69) is 0 Å². The molecule has 3 aromatic rings. The Hall–Kier alpha value is -3.09. The van der Waals surface area contributed by atoms with Crippen LogP contribution < -0.4 is 5.14 Å². The summed E-state index contributed by atoms with van der Waals surface area (Å²) in [7, 11) is -4.17. The first-order chi connectivity index (χ1) is 12.8. The fraction of sp³-hybridized carbons (Fsp3) is 0. The molecule has 0 radical (unpaired) electrons. The van der Waals surface area contributed by atoms with Crippen LogP contribution in [-0.4, -0.2) is 14.2 Å². The van der Waals surface area contributed by atoms with E-state index in [4.69, 9.17) is 5.14 Å². The Morgan fingerprint density at radius 1 is 0.889 bits per heavy atom. The number of nitrogens with two attached hydrogens (primary N) is 1. The van der Waals surface area contributed by atoms with Crippen molar-refractivity contribution in [1.29, 1.82) is 0 Å². The van der Waals surface area contributed by atoms with Gasteiger partial charge in [-0.1, -0.05) is 66.7 Å². The summed E-state index contributed by atoms with van der Waals surface area (Å²) in [4.78, 5) is 11.7. The molecule has 3 rings (SSSR count). The number of sulfonamides is 1. The summed E-state index contributed by atoms with van der Waals surface area (Å²) in [6, 6.07) is 20.4. The normalized spacial score (nSPS) is 11.6. The molecular weight excluding hydrogens is 365 g/mol. The second-order valence-electron chi connectivity index (χ2n) is 5.88. The zero-order valence-electron chi connectivity index (χ0n) is 14.2. The molecule has 27 heavy (non-hydrogen) atoms. The van der Waals surface area contributed by atoms with Gasteiger partial charge >= 0.3 is 0 Å². The van der Waals surface area contributed by atoms with Crippen LogP contribution in [0.4, 0.5) is 4.39 Å². The third-order valence-corrected chi connectivity index (χ3v) is 4.89. The van der Waals surface area contributed by atoms with Gasteiger partial charge in [-0.15, -0.1) is 0 Å². The number of benzene rings is 3. The Kier molecular flexibility index (Phi) is 5.30. The average Bonchev–Trinajstić information content (AvgIpc) is 2.67. The van der Waals surface area contributed by atoms with Gasteiger partial charge in [0.25, 0.3) is 0 Å². The highest BCUT2D eigenvalue weighted by molar-refractivity contribution is 7.89. The van der Waals surface area contributed by atoms with Gasteiger partial charge in [-0.2, -0.15) is 0 Å². The van der Waals surface area contributed by atoms with Gasteiger partial charge in [0.15, 0.2) is 5.78 Å². The zero-order chi connectivity index (χ0) is 19.4. The second kappa shape index (κ2) is 7.65. The predicted octanol–water partition coefficient (Wildman–Crippen LogP) is 4.04. The lowest BCUT2D eigenvalue weighted by atomic mass is 10.0. The molecule has 6 heteroatoms. The summed E-state index contributed by atoms with van der Waals surface area (Å²) in [5.41, 5.74) is 2.88. The minimum absolute atomic E-state index is 0.254. The Bertz CT molecular complexity index is 1110. The molecule has 0 saturated carbocycles. The van der Waals surface area contributed by atoms with Crippen LogP contribution in [0.1, 0.15) is 15.9 Å². The summed E-state index contributed by atoms with van der Waals surface area (Å²) in [6.45, 7) is 0. The highest BCUT2D eigenvalue weighted by atomic mass is 32.2. The maximum atomic E-state index is 13.6. The lowest BCUT2D eigenvalue weighted by Gasteiger charge is -2.03. The minimum Gasteiger partial charge on any atom is -0.289 e. The lowest BCUT2D eigenvalue weighted by molar-refractivity contribution is 0.104. The molecule has 0 aliphatic rings. The fourth-order valence-electron chi connectivity index (χ4n) is 2.57. The molecule has 3 aromatic carbocycles. The summed E-state index contributed by atoms with van der Waals surface area (Å²) in [6.07, 6.45) is 2.72. The van der Waals surface area contributed by atoms with Crippen LogP contribution in [0.5, 0.6) is 0 Å². The van der Waals surface area contributed by atoms with Crippen LogP contribution in [0, 0.1) is 5.82 Å². The molecule has 0 bridgehead atoms. The van der Waals surface area contributed by atoms with E-state index in [9.17, 15) is 17.6 Å². The van der Waals surface area contributed by atoms with Crippen LogP contribution in [0.2, 0.25) is 0 Å². The molecule has 0 amide bonds. The van der Waals surface area contributed by atoms with Crippen molar-refractivity contribution in [1.82, 2.24) is 0 Å². The molecule has 0 aliphatic carbocycles. The SMILES string of the molecule is NS(=O)(=O)c1cc(/C=C/C(=O)c2ccc(-c3ccccc3)cc2)ccc1F. The van der Waals surface area contributed by atoms with Crippen molar-refractivity contribution in [3.05, 3.63) is 95.8 Å². The molecule has 0 unspecified atom stereocenters. The van der Waals surface area contributed by atoms with Crippen LogP contribution >= 0.6 is 0 Å². The first-order valence-corrected chi connectivity index (χ1v) is 9.59. The molecular formula is C21H16FNO3S. The number of ketones is 1. The summed E-state index contributed by atoms with van der Waals surface area (Å²) < 4.78 is 36.3. The number of allylic oxidation sites excluding steroid dienone is 1. The molecule has 2 N–H and O–H groups in total.